The van der Waals surface area contributed by atoms with Gasteiger partial charge in [0.25, 0.3) is 0 Å². The minimum Gasteiger partial charge on any atom is -0.393 e. The molecule has 2 aliphatic rings. The number of carbonyl (C=O) groups excluding carboxylic acids is 1. The standard InChI is InChI=1S/C21H27N3O4S/c25-18-10-8-17(9-11-18)23-21(26)16-6-3-13-24(14-16)29(27,28)19-7-1-4-15-5-2-12-22-20(15)19/h1-2,4-5,7,12,16-18,25H,3,6,8-11,13-14H2,(H,23,26)/t16-,17-,18-/m1/s1. The van der Waals surface area contributed by atoms with E-state index in [1.54, 1.807) is 24.4 Å². The first-order valence-corrected chi connectivity index (χ1v) is 11.7. The summed E-state index contributed by atoms with van der Waals surface area (Å²) in [5, 5.41) is 13.5. The van der Waals surface area contributed by atoms with Gasteiger partial charge in [0, 0.05) is 30.7 Å². The number of aliphatic hydroxyl groups excluding tert-OH is 1. The number of fused-ring (bicyclic) bond motifs is 1. The van der Waals surface area contributed by atoms with E-state index in [2.05, 4.69) is 10.3 Å². The molecule has 1 aliphatic heterocycles. The number of piperidine rings is 1. The van der Waals surface area contributed by atoms with Gasteiger partial charge in [0.05, 0.1) is 17.5 Å². The van der Waals surface area contributed by atoms with Crippen LogP contribution in [0.15, 0.2) is 41.4 Å². The lowest BCUT2D eigenvalue weighted by molar-refractivity contribution is -0.127. The number of para-hydroxylation sites is 1. The summed E-state index contributed by atoms with van der Waals surface area (Å²) in [6.07, 6.45) is 5.59. The third-order valence-corrected chi connectivity index (χ3v) is 7.91. The van der Waals surface area contributed by atoms with E-state index in [0.717, 1.165) is 18.2 Å². The van der Waals surface area contributed by atoms with Crippen molar-refractivity contribution in [2.24, 2.45) is 5.92 Å². The second kappa shape index (κ2) is 8.38. The van der Waals surface area contributed by atoms with Crippen LogP contribution >= 0.6 is 0 Å². The van der Waals surface area contributed by atoms with E-state index in [9.17, 15) is 18.3 Å². The predicted molar refractivity (Wildman–Crippen MR) is 110 cm³/mol. The SMILES string of the molecule is O=C(N[C@H]1CC[C@H](O)CC1)[C@@H]1CCCN(S(=O)(=O)c2cccc3cccnc23)C1. The number of benzene rings is 1. The molecule has 2 heterocycles. The molecule has 2 fully saturated rings. The van der Waals surface area contributed by atoms with Crippen LogP contribution in [0.1, 0.15) is 38.5 Å². The average molecular weight is 418 g/mol. The van der Waals surface area contributed by atoms with Crippen LogP contribution in [0.4, 0.5) is 0 Å². The van der Waals surface area contributed by atoms with Gasteiger partial charge in [-0.25, -0.2) is 8.42 Å². The van der Waals surface area contributed by atoms with Crippen molar-refractivity contribution in [3.05, 3.63) is 36.5 Å². The Morgan fingerprint density at radius 2 is 1.86 bits per heavy atom. The second-order valence-corrected chi connectivity index (χ2v) is 9.95. The fourth-order valence-electron chi connectivity index (χ4n) is 4.34. The molecule has 1 saturated carbocycles. The molecule has 2 N–H and O–H groups in total. The molecule has 1 aromatic heterocycles. The molecular weight excluding hydrogens is 390 g/mol. The Labute approximate surface area is 171 Å². The van der Waals surface area contributed by atoms with Crippen molar-refractivity contribution in [1.82, 2.24) is 14.6 Å². The summed E-state index contributed by atoms with van der Waals surface area (Å²) < 4.78 is 28.1. The molecule has 8 heteroatoms. The van der Waals surface area contributed by atoms with Gasteiger partial charge in [0.1, 0.15) is 4.90 Å². The van der Waals surface area contributed by atoms with E-state index >= 15 is 0 Å². The number of nitrogens with one attached hydrogen (secondary N) is 1. The largest absolute Gasteiger partial charge is 0.393 e. The number of rotatable bonds is 4. The molecule has 0 bridgehead atoms. The summed E-state index contributed by atoms with van der Waals surface area (Å²) in [6.45, 7) is 0.595. The first-order valence-electron chi connectivity index (χ1n) is 10.3. The van der Waals surface area contributed by atoms with Crippen molar-refractivity contribution in [3.8, 4) is 0 Å². The molecule has 0 unspecified atom stereocenters. The highest BCUT2D eigenvalue weighted by Gasteiger charge is 2.35. The summed E-state index contributed by atoms with van der Waals surface area (Å²) in [4.78, 5) is 17.2. The highest BCUT2D eigenvalue weighted by molar-refractivity contribution is 7.89. The number of aliphatic hydroxyl groups is 1. The van der Waals surface area contributed by atoms with E-state index in [4.69, 9.17) is 0 Å². The number of pyridine rings is 1. The molecule has 0 spiro atoms. The summed E-state index contributed by atoms with van der Waals surface area (Å²) in [6, 6.07) is 8.85. The third kappa shape index (κ3) is 4.29. The lowest BCUT2D eigenvalue weighted by Crippen LogP contribution is -2.48. The van der Waals surface area contributed by atoms with Gasteiger partial charge >= 0.3 is 0 Å². The van der Waals surface area contributed by atoms with Gasteiger partial charge in [-0.15, -0.1) is 0 Å². The second-order valence-electron chi connectivity index (χ2n) is 8.05. The van der Waals surface area contributed by atoms with Gasteiger partial charge in [-0.2, -0.15) is 4.31 Å². The summed E-state index contributed by atoms with van der Waals surface area (Å²) in [7, 11) is -3.74. The van der Waals surface area contributed by atoms with Crippen LogP contribution in [0, 0.1) is 5.92 Å². The van der Waals surface area contributed by atoms with Crippen molar-refractivity contribution in [1.29, 1.82) is 0 Å². The zero-order valence-corrected chi connectivity index (χ0v) is 17.1. The molecule has 1 atom stereocenters. The molecule has 0 radical (unpaired) electrons. The first kappa shape index (κ1) is 20.3. The molecular formula is C21H27N3O4S. The number of carbonyl (C=O) groups is 1. The normalized spacial score (nSPS) is 26.3. The molecule has 4 rings (SSSR count). The van der Waals surface area contributed by atoms with Crippen LogP contribution in [0.5, 0.6) is 0 Å². The Hall–Kier alpha value is -2.03. The van der Waals surface area contributed by atoms with Crippen molar-refractivity contribution >= 4 is 26.8 Å². The van der Waals surface area contributed by atoms with Crippen molar-refractivity contribution in [2.45, 2.75) is 55.6 Å². The Morgan fingerprint density at radius 3 is 2.66 bits per heavy atom. The molecule has 1 amide bonds. The van der Waals surface area contributed by atoms with E-state index in [1.807, 2.05) is 12.1 Å². The van der Waals surface area contributed by atoms with Gasteiger partial charge in [-0.05, 0) is 50.7 Å². The van der Waals surface area contributed by atoms with Gasteiger partial charge in [-0.1, -0.05) is 18.2 Å². The number of hydrogen-bond donors (Lipinski definition) is 2. The quantitative estimate of drug-likeness (QED) is 0.793. The monoisotopic (exact) mass is 417 g/mol. The molecule has 7 nitrogen and oxygen atoms in total. The average Bonchev–Trinajstić information content (AvgIpc) is 2.75. The van der Waals surface area contributed by atoms with Gasteiger partial charge in [-0.3, -0.25) is 9.78 Å². The Bertz CT molecular complexity index is 981. The van der Waals surface area contributed by atoms with Gasteiger partial charge in [0.2, 0.25) is 15.9 Å². The minimum atomic E-state index is -3.74. The smallest absolute Gasteiger partial charge is 0.245 e. The summed E-state index contributed by atoms with van der Waals surface area (Å²) in [5.41, 5.74) is 0.460. The zero-order valence-electron chi connectivity index (χ0n) is 16.3. The molecule has 1 aliphatic carbocycles. The molecule has 1 aromatic carbocycles. The topological polar surface area (TPSA) is 99.6 Å². The maximum Gasteiger partial charge on any atom is 0.245 e. The third-order valence-electron chi connectivity index (χ3n) is 6.01. The number of hydrogen-bond acceptors (Lipinski definition) is 5. The number of nitrogens with zero attached hydrogens (tertiary/aromatic N) is 2. The maximum absolute atomic E-state index is 13.3. The summed E-state index contributed by atoms with van der Waals surface area (Å²) in [5.74, 6) is -0.435. The van der Waals surface area contributed by atoms with E-state index in [0.29, 0.717) is 37.7 Å². The van der Waals surface area contributed by atoms with Crippen LogP contribution in [0.3, 0.4) is 0 Å². The van der Waals surface area contributed by atoms with Crippen molar-refractivity contribution in [3.63, 3.8) is 0 Å². The number of sulfonamides is 1. The van der Waals surface area contributed by atoms with Crippen LogP contribution in [-0.2, 0) is 14.8 Å². The van der Waals surface area contributed by atoms with E-state index in [1.165, 1.54) is 4.31 Å². The molecule has 1 saturated heterocycles. The fourth-order valence-corrected chi connectivity index (χ4v) is 6.03. The van der Waals surface area contributed by atoms with E-state index < -0.39 is 10.0 Å². The van der Waals surface area contributed by atoms with Crippen LogP contribution in [0.25, 0.3) is 10.9 Å². The lowest BCUT2D eigenvalue weighted by Gasteiger charge is -2.33. The van der Waals surface area contributed by atoms with Crippen molar-refractivity contribution in [2.75, 3.05) is 13.1 Å². The molecule has 156 valence electrons. The van der Waals surface area contributed by atoms with Gasteiger partial charge in [0.15, 0.2) is 0 Å². The highest BCUT2D eigenvalue weighted by atomic mass is 32.2. The number of amides is 1. The van der Waals surface area contributed by atoms with E-state index in [-0.39, 0.29) is 35.4 Å². The first-order chi connectivity index (χ1) is 13.9. The molecule has 2 aromatic rings. The highest BCUT2D eigenvalue weighted by Crippen LogP contribution is 2.28. The lowest BCUT2D eigenvalue weighted by atomic mass is 9.92. The van der Waals surface area contributed by atoms with Crippen molar-refractivity contribution < 1.29 is 18.3 Å². The zero-order chi connectivity index (χ0) is 20.4. The fraction of sp³-hybridized carbons (Fsp3) is 0.524. The van der Waals surface area contributed by atoms with Crippen LogP contribution < -0.4 is 5.32 Å². The Kier molecular flexibility index (Phi) is 5.85. The van der Waals surface area contributed by atoms with Gasteiger partial charge < -0.3 is 10.4 Å². The minimum absolute atomic E-state index is 0.0696. The van der Waals surface area contributed by atoms with Crippen LogP contribution in [0.2, 0.25) is 0 Å². The Morgan fingerprint density at radius 1 is 1.10 bits per heavy atom. The van der Waals surface area contributed by atoms with Crippen LogP contribution in [-0.4, -0.2) is 54.0 Å². The summed E-state index contributed by atoms with van der Waals surface area (Å²) >= 11 is 0. The molecule has 29 heavy (non-hydrogen) atoms. The predicted octanol–water partition coefficient (Wildman–Crippen LogP) is 2.06. The maximum atomic E-state index is 13.3. The number of aromatic nitrogens is 1. The Balaban J connectivity index is 1.49.